The van der Waals surface area contributed by atoms with Crippen molar-refractivity contribution in [3.8, 4) is 0 Å². The van der Waals surface area contributed by atoms with E-state index in [1.165, 1.54) is 6.92 Å². The maximum Gasteiger partial charge on any atom is 0.302 e. The van der Waals surface area contributed by atoms with Gasteiger partial charge in [-0.05, 0) is 47.7 Å². The first-order chi connectivity index (χ1) is 9.00. The average Bonchev–Trinajstić information content (AvgIpc) is 2.37. The number of pyridine rings is 1. The van der Waals surface area contributed by atoms with Gasteiger partial charge in [-0.3, -0.25) is 9.59 Å². The zero-order valence-corrected chi connectivity index (χ0v) is 12.9. The Kier molecular flexibility index (Phi) is 4.24. The fourth-order valence-corrected chi connectivity index (χ4v) is 2.60. The zero-order valence-electron chi connectivity index (χ0n) is 10.7. The van der Waals surface area contributed by atoms with Crippen LogP contribution >= 0.6 is 22.6 Å². The lowest BCUT2D eigenvalue weighted by molar-refractivity contribution is -0.141. The summed E-state index contributed by atoms with van der Waals surface area (Å²) in [4.78, 5) is 23.2. The lowest BCUT2D eigenvalue weighted by atomic mass is 10.1. The minimum Gasteiger partial charge on any atom is -0.464 e. The average molecular weight is 371 g/mol. The maximum absolute atomic E-state index is 12.4. The van der Waals surface area contributed by atoms with Crippen LogP contribution in [0.1, 0.15) is 19.9 Å². The normalized spacial score (nSPS) is 12.4. The van der Waals surface area contributed by atoms with Gasteiger partial charge in [0, 0.05) is 27.5 Å². The van der Waals surface area contributed by atoms with Gasteiger partial charge >= 0.3 is 5.97 Å². The number of carbonyl (C=O) groups excluding carboxylic acids is 1. The number of carbonyl (C=O) groups is 1. The van der Waals surface area contributed by atoms with Gasteiger partial charge in [-0.1, -0.05) is 6.07 Å². The molecule has 19 heavy (non-hydrogen) atoms. The number of aromatic nitrogens is 1. The molecule has 0 fully saturated rings. The van der Waals surface area contributed by atoms with Crippen LogP contribution in [0.3, 0.4) is 0 Å². The predicted octanol–water partition coefficient (Wildman–Crippen LogP) is 2.73. The summed E-state index contributed by atoms with van der Waals surface area (Å²) in [7, 11) is 0. The Morgan fingerprint density at radius 3 is 2.79 bits per heavy atom. The van der Waals surface area contributed by atoms with Gasteiger partial charge in [-0.2, -0.15) is 0 Å². The molecule has 2 aromatic rings. The first-order valence-electron chi connectivity index (χ1n) is 5.93. The monoisotopic (exact) mass is 371 g/mol. The molecule has 0 saturated carbocycles. The van der Waals surface area contributed by atoms with Crippen LogP contribution in [-0.2, 0) is 9.53 Å². The lowest BCUT2D eigenvalue weighted by Gasteiger charge is -2.15. The van der Waals surface area contributed by atoms with Crippen molar-refractivity contribution in [3.63, 3.8) is 0 Å². The summed E-state index contributed by atoms with van der Waals surface area (Å²) >= 11 is 2.21. The minimum atomic E-state index is -0.338. The number of benzene rings is 1. The number of ether oxygens (including phenoxy) is 1. The van der Waals surface area contributed by atoms with E-state index in [2.05, 4.69) is 22.6 Å². The number of halogens is 1. The minimum absolute atomic E-state index is 0.0596. The summed E-state index contributed by atoms with van der Waals surface area (Å²) in [6.07, 6.45) is 1.75. The van der Waals surface area contributed by atoms with Crippen LogP contribution < -0.4 is 5.56 Å². The molecule has 2 rings (SSSR count). The van der Waals surface area contributed by atoms with Gasteiger partial charge in [-0.15, -0.1) is 0 Å². The van der Waals surface area contributed by atoms with Crippen molar-refractivity contribution in [1.82, 2.24) is 4.57 Å². The van der Waals surface area contributed by atoms with Gasteiger partial charge in [0.05, 0.1) is 6.04 Å². The van der Waals surface area contributed by atoms with Crippen molar-refractivity contribution in [2.24, 2.45) is 0 Å². The Balaban J connectivity index is 2.43. The fourth-order valence-electron chi connectivity index (χ4n) is 1.92. The second-order valence-corrected chi connectivity index (χ2v) is 5.54. The molecule has 1 aromatic carbocycles. The Morgan fingerprint density at radius 1 is 1.37 bits per heavy atom. The molecule has 0 amide bonds. The number of hydrogen-bond donors (Lipinski definition) is 0. The van der Waals surface area contributed by atoms with E-state index in [0.717, 1.165) is 8.96 Å². The molecule has 0 aliphatic rings. The number of nitrogens with zero attached hydrogens (tertiary/aromatic N) is 1. The summed E-state index contributed by atoms with van der Waals surface area (Å²) in [5.41, 5.74) is -0.0596. The molecule has 1 atom stereocenters. The molecule has 0 bridgehead atoms. The molecule has 4 nitrogen and oxygen atoms in total. The van der Waals surface area contributed by atoms with Crippen molar-refractivity contribution >= 4 is 39.3 Å². The van der Waals surface area contributed by atoms with E-state index in [-0.39, 0.29) is 24.2 Å². The molecule has 1 heterocycles. The number of esters is 1. The molecule has 0 saturated heterocycles. The Morgan fingerprint density at radius 2 is 2.11 bits per heavy atom. The second-order valence-electron chi connectivity index (χ2n) is 4.38. The van der Waals surface area contributed by atoms with E-state index >= 15 is 0 Å². The van der Waals surface area contributed by atoms with Crippen LogP contribution in [0.4, 0.5) is 0 Å². The van der Waals surface area contributed by atoms with Crippen LogP contribution in [0.15, 0.2) is 35.3 Å². The van der Waals surface area contributed by atoms with Crippen molar-refractivity contribution in [1.29, 1.82) is 0 Å². The highest BCUT2D eigenvalue weighted by Crippen LogP contribution is 2.18. The van der Waals surface area contributed by atoms with Crippen molar-refractivity contribution in [2.75, 3.05) is 6.61 Å². The highest BCUT2D eigenvalue weighted by Gasteiger charge is 2.11. The van der Waals surface area contributed by atoms with Gasteiger partial charge in [0.1, 0.15) is 6.61 Å². The molecule has 0 N–H and O–H groups in total. The summed E-state index contributed by atoms with van der Waals surface area (Å²) in [6.45, 7) is 3.41. The molecule has 0 aliphatic heterocycles. The van der Waals surface area contributed by atoms with Crippen molar-refractivity contribution < 1.29 is 9.53 Å². The molecule has 5 heteroatoms. The van der Waals surface area contributed by atoms with Gasteiger partial charge in [0.25, 0.3) is 5.56 Å². The standard InChI is InChI=1S/C14H14INO3/c1-9(8-19-10(2)17)16-7-6-11-12(14(16)18)4-3-5-13(11)15/h3-7,9H,8H2,1-2H3/t9-/m1/s1. The molecular formula is C14H14INO3. The highest BCUT2D eigenvalue weighted by atomic mass is 127. The molecule has 100 valence electrons. The fraction of sp³-hybridized carbons (Fsp3) is 0.286. The van der Waals surface area contributed by atoms with Gasteiger partial charge in [0.2, 0.25) is 0 Å². The van der Waals surface area contributed by atoms with Crippen LogP contribution in [0, 0.1) is 3.57 Å². The van der Waals surface area contributed by atoms with Crippen LogP contribution in [-0.4, -0.2) is 17.1 Å². The van der Waals surface area contributed by atoms with E-state index in [0.29, 0.717) is 5.39 Å². The van der Waals surface area contributed by atoms with E-state index < -0.39 is 0 Å². The number of fused-ring (bicyclic) bond motifs is 1. The number of hydrogen-bond acceptors (Lipinski definition) is 3. The zero-order chi connectivity index (χ0) is 14.0. The maximum atomic E-state index is 12.4. The Bertz CT molecular complexity index is 678. The third kappa shape index (κ3) is 2.97. The number of rotatable bonds is 3. The SMILES string of the molecule is CC(=O)OC[C@@H](C)n1ccc2c(I)cccc2c1=O. The molecular weight excluding hydrogens is 357 g/mol. The van der Waals surface area contributed by atoms with E-state index in [4.69, 9.17) is 4.74 Å². The summed E-state index contributed by atoms with van der Waals surface area (Å²) in [5.74, 6) is -0.338. The molecule has 0 unspecified atom stereocenters. The van der Waals surface area contributed by atoms with Crippen molar-refractivity contribution in [2.45, 2.75) is 19.9 Å². The molecule has 0 aliphatic carbocycles. The quantitative estimate of drug-likeness (QED) is 0.616. The predicted molar refractivity (Wildman–Crippen MR) is 82.3 cm³/mol. The second kappa shape index (κ2) is 5.73. The first-order valence-corrected chi connectivity index (χ1v) is 7.01. The van der Waals surface area contributed by atoms with Crippen LogP contribution in [0.5, 0.6) is 0 Å². The third-order valence-corrected chi connectivity index (χ3v) is 3.86. The Hall–Kier alpha value is -1.37. The van der Waals surface area contributed by atoms with E-state index in [9.17, 15) is 9.59 Å². The third-order valence-electron chi connectivity index (χ3n) is 2.92. The smallest absolute Gasteiger partial charge is 0.302 e. The molecule has 0 radical (unpaired) electrons. The Labute approximate surface area is 124 Å². The molecule has 1 aromatic heterocycles. The lowest BCUT2D eigenvalue weighted by Crippen LogP contribution is -2.26. The van der Waals surface area contributed by atoms with E-state index in [1.807, 2.05) is 31.2 Å². The summed E-state index contributed by atoms with van der Waals surface area (Å²) in [6, 6.07) is 7.39. The van der Waals surface area contributed by atoms with Gasteiger partial charge in [0.15, 0.2) is 0 Å². The largest absolute Gasteiger partial charge is 0.464 e. The summed E-state index contributed by atoms with van der Waals surface area (Å²) in [5, 5.41) is 1.63. The van der Waals surface area contributed by atoms with Crippen LogP contribution in [0.2, 0.25) is 0 Å². The molecule has 0 spiro atoms. The van der Waals surface area contributed by atoms with E-state index in [1.54, 1.807) is 10.8 Å². The van der Waals surface area contributed by atoms with Gasteiger partial charge < -0.3 is 9.30 Å². The van der Waals surface area contributed by atoms with Gasteiger partial charge in [-0.25, -0.2) is 0 Å². The van der Waals surface area contributed by atoms with Crippen LogP contribution in [0.25, 0.3) is 10.8 Å². The topological polar surface area (TPSA) is 48.3 Å². The van der Waals surface area contributed by atoms with Crippen molar-refractivity contribution in [3.05, 3.63) is 44.4 Å². The summed E-state index contributed by atoms with van der Waals surface area (Å²) < 4.78 is 7.60. The first kappa shape index (κ1) is 14.0. The highest BCUT2D eigenvalue weighted by molar-refractivity contribution is 14.1.